The molecule has 1 aromatic heterocycles. The van der Waals surface area contributed by atoms with E-state index in [0.717, 1.165) is 30.6 Å². The number of oxime groups is 1. The molecule has 0 radical (unpaired) electrons. The van der Waals surface area contributed by atoms with Crippen LogP contribution in [0.25, 0.3) is 0 Å². The van der Waals surface area contributed by atoms with Gasteiger partial charge >= 0.3 is 35.5 Å². The Morgan fingerprint density at radius 3 is 2.84 bits per heavy atom. The van der Waals surface area contributed by atoms with E-state index in [1.165, 1.54) is 29.2 Å². The SMILES string of the molecule is CO/N=C(/C([O-])=N[C@@H]1C(=O)N2C(C(=O)O)=C(C3CCCCO3)CS[C@H]12)c1csc(N)n1.[Na+]. The summed E-state index contributed by atoms with van der Waals surface area (Å²) in [5, 5.41) is 27.4. The van der Waals surface area contributed by atoms with E-state index in [-0.39, 0.29) is 57.9 Å². The quantitative estimate of drug-likeness (QED) is 0.140. The fourth-order valence-corrected chi connectivity index (χ4v) is 5.68. The summed E-state index contributed by atoms with van der Waals surface area (Å²) in [5.74, 6) is -2.13. The third-order valence-electron chi connectivity index (χ3n) is 5.15. The van der Waals surface area contributed by atoms with Crippen molar-refractivity contribution < 1.29 is 58.9 Å². The molecule has 0 saturated carbocycles. The molecule has 1 unspecified atom stereocenters. The maximum absolute atomic E-state index is 12.8. The van der Waals surface area contributed by atoms with Crippen molar-refractivity contribution in [1.82, 2.24) is 9.88 Å². The number of anilines is 1. The second kappa shape index (κ2) is 10.5. The first-order chi connectivity index (χ1) is 14.9. The number of amides is 1. The maximum atomic E-state index is 12.8. The first-order valence-corrected chi connectivity index (χ1v) is 11.5. The van der Waals surface area contributed by atoms with Gasteiger partial charge in [0.15, 0.2) is 11.2 Å². The first-order valence-electron chi connectivity index (χ1n) is 9.52. The molecule has 1 aromatic rings. The minimum absolute atomic E-state index is 0. The van der Waals surface area contributed by atoms with Crippen LogP contribution in [0, 0.1) is 0 Å². The number of hydrogen-bond donors (Lipinski definition) is 2. The number of nitrogens with zero attached hydrogens (tertiary/aromatic N) is 4. The molecule has 4 heterocycles. The Bertz CT molecular complexity index is 990. The van der Waals surface area contributed by atoms with Gasteiger partial charge in [-0.25, -0.2) is 9.78 Å². The third kappa shape index (κ3) is 4.68. The zero-order valence-electron chi connectivity index (χ0n) is 17.5. The molecule has 2 saturated heterocycles. The average Bonchev–Trinajstić information content (AvgIpc) is 3.20. The predicted molar refractivity (Wildman–Crippen MR) is 113 cm³/mol. The van der Waals surface area contributed by atoms with Crippen LogP contribution >= 0.6 is 23.1 Å². The molecule has 0 bridgehead atoms. The van der Waals surface area contributed by atoms with Gasteiger partial charge in [-0.15, -0.1) is 23.1 Å². The normalized spacial score (nSPS) is 26.2. The molecular weight excluding hydrogens is 469 g/mol. The van der Waals surface area contributed by atoms with E-state index in [9.17, 15) is 19.8 Å². The fraction of sp³-hybridized carbons (Fsp3) is 0.500. The van der Waals surface area contributed by atoms with Gasteiger partial charge in [0.2, 0.25) is 0 Å². The van der Waals surface area contributed by atoms with Crippen LogP contribution in [0.4, 0.5) is 5.13 Å². The van der Waals surface area contributed by atoms with E-state index in [0.29, 0.717) is 17.9 Å². The van der Waals surface area contributed by atoms with Crippen LogP contribution in [0.15, 0.2) is 26.8 Å². The smallest absolute Gasteiger partial charge is 0.857 e. The van der Waals surface area contributed by atoms with Gasteiger partial charge in [0.1, 0.15) is 29.6 Å². The number of thioether (sulfide) groups is 1. The number of aromatic nitrogens is 1. The van der Waals surface area contributed by atoms with Gasteiger partial charge in [0, 0.05) is 23.6 Å². The van der Waals surface area contributed by atoms with Crippen LogP contribution in [0.5, 0.6) is 0 Å². The summed E-state index contributed by atoms with van der Waals surface area (Å²) in [5.41, 5.74) is 6.18. The van der Waals surface area contributed by atoms with Crippen molar-refractivity contribution in [2.24, 2.45) is 10.1 Å². The molecular formula is C18H20N5NaO6S2. The number of aliphatic imine (C=N–C) groups is 1. The van der Waals surface area contributed by atoms with Crippen LogP contribution in [0.2, 0.25) is 0 Å². The molecule has 1 amide bonds. The molecule has 14 heteroatoms. The van der Waals surface area contributed by atoms with Crippen LogP contribution in [0.1, 0.15) is 25.0 Å². The molecule has 32 heavy (non-hydrogen) atoms. The van der Waals surface area contributed by atoms with Crippen molar-refractivity contribution in [2.45, 2.75) is 36.8 Å². The predicted octanol–water partition coefficient (Wildman–Crippen LogP) is -2.97. The Morgan fingerprint density at radius 1 is 1.47 bits per heavy atom. The van der Waals surface area contributed by atoms with Gasteiger partial charge < -0.3 is 25.5 Å². The third-order valence-corrected chi connectivity index (χ3v) is 7.11. The van der Waals surface area contributed by atoms with Crippen LogP contribution in [-0.4, -0.2) is 75.5 Å². The van der Waals surface area contributed by atoms with Crippen molar-refractivity contribution in [3.05, 3.63) is 22.3 Å². The minimum Gasteiger partial charge on any atom is -0.857 e. The van der Waals surface area contributed by atoms with Crippen molar-refractivity contribution in [3.63, 3.8) is 0 Å². The monoisotopic (exact) mass is 489 g/mol. The second-order valence-electron chi connectivity index (χ2n) is 7.02. The number of aliphatic carboxylic acids is 1. The Kier molecular flexibility index (Phi) is 8.22. The van der Waals surface area contributed by atoms with Gasteiger partial charge in [-0.05, 0) is 24.8 Å². The number of thiazole rings is 1. The fourth-order valence-electron chi connectivity index (χ4n) is 3.74. The van der Waals surface area contributed by atoms with Crippen molar-refractivity contribution in [1.29, 1.82) is 0 Å². The van der Waals surface area contributed by atoms with Crippen molar-refractivity contribution >= 4 is 51.7 Å². The number of carboxylic acids is 1. The van der Waals surface area contributed by atoms with Gasteiger partial charge in [0.05, 0.1) is 6.10 Å². The number of carbonyl (C=O) groups is 2. The number of fused-ring (bicyclic) bond motifs is 1. The summed E-state index contributed by atoms with van der Waals surface area (Å²) in [6, 6.07) is -1.02. The van der Waals surface area contributed by atoms with E-state index in [1.54, 1.807) is 0 Å². The van der Waals surface area contributed by atoms with Crippen LogP contribution in [0.3, 0.4) is 0 Å². The van der Waals surface area contributed by atoms with Crippen LogP contribution < -0.4 is 40.4 Å². The number of carboxylic acid groups (broad SMARTS) is 1. The molecule has 3 atom stereocenters. The van der Waals surface area contributed by atoms with E-state index in [2.05, 4.69) is 15.1 Å². The Morgan fingerprint density at radius 2 is 2.25 bits per heavy atom. The van der Waals surface area contributed by atoms with Gasteiger partial charge in [-0.2, -0.15) is 0 Å². The number of hydrogen-bond acceptors (Lipinski definition) is 11. The number of ether oxygens (including phenoxy) is 1. The summed E-state index contributed by atoms with van der Waals surface area (Å²) in [6.07, 6.45) is 2.29. The molecule has 3 aliphatic rings. The summed E-state index contributed by atoms with van der Waals surface area (Å²) < 4.78 is 5.75. The van der Waals surface area contributed by atoms with Gasteiger partial charge in [-0.3, -0.25) is 14.7 Å². The molecule has 11 nitrogen and oxygen atoms in total. The van der Waals surface area contributed by atoms with Crippen LogP contribution in [-0.2, 0) is 19.2 Å². The summed E-state index contributed by atoms with van der Waals surface area (Å²) in [7, 11) is 1.27. The van der Waals surface area contributed by atoms with Crippen molar-refractivity contribution in [2.75, 3.05) is 25.2 Å². The molecule has 0 aliphatic carbocycles. The van der Waals surface area contributed by atoms with Gasteiger partial charge in [-0.1, -0.05) is 5.16 Å². The van der Waals surface area contributed by atoms with E-state index in [4.69, 9.17) is 15.3 Å². The number of nitrogens with two attached hydrogens (primary N) is 1. The second-order valence-corrected chi connectivity index (χ2v) is 9.01. The largest absolute Gasteiger partial charge is 1.00 e. The molecule has 0 aromatic carbocycles. The molecule has 4 rings (SSSR count). The number of carbonyl (C=O) groups excluding carboxylic acids is 1. The average molecular weight is 490 g/mol. The molecule has 2 fully saturated rings. The summed E-state index contributed by atoms with van der Waals surface area (Å²) in [6.45, 7) is 0.568. The van der Waals surface area contributed by atoms with Gasteiger partial charge in [0.25, 0.3) is 5.91 Å². The summed E-state index contributed by atoms with van der Waals surface area (Å²) in [4.78, 5) is 38.7. The first kappa shape index (κ1) is 25.0. The number of nitrogen functional groups attached to an aromatic ring is 1. The standard InChI is InChI=1S/C18H21N5O6S2.Na/c1-28-22-11(9-7-31-18(19)20-9)14(24)21-12-15(25)23-13(17(26)27)8(6-30-16(12)23)10-4-2-3-5-29-10;/h7,10,12,16H,2-6H2,1H3,(H2,19,20)(H,21,24)(H,26,27);/q;+1/p-1/b22-11+;/t10?,12-,16-;/m1./s1. The zero-order valence-corrected chi connectivity index (χ0v) is 21.1. The summed E-state index contributed by atoms with van der Waals surface area (Å²) >= 11 is 2.49. The Labute approximate surface area is 214 Å². The molecule has 0 spiro atoms. The maximum Gasteiger partial charge on any atom is 1.00 e. The van der Waals surface area contributed by atoms with E-state index < -0.39 is 29.2 Å². The number of β-lactam (4-membered cyclic amide) rings is 1. The molecule has 166 valence electrons. The Hall–Kier alpha value is -1.64. The number of rotatable bonds is 6. The topological polar surface area (TPSA) is 163 Å². The molecule has 3 N–H and O–H groups in total. The minimum atomic E-state index is -1.19. The van der Waals surface area contributed by atoms with E-state index >= 15 is 0 Å². The Balaban J connectivity index is 0.00000289. The molecule has 3 aliphatic heterocycles. The van der Waals surface area contributed by atoms with Crippen molar-refractivity contribution in [3.8, 4) is 0 Å². The zero-order chi connectivity index (χ0) is 22.1. The van der Waals surface area contributed by atoms with E-state index in [1.807, 2.05) is 0 Å².